The second-order valence-corrected chi connectivity index (χ2v) is 12.7. The Kier molecular flexibility index (Phi) is 9.05. The number of hydrogen-bond donors (Lipinski definition) is 2. The molecule has 2 fully saturated rings. The van der Waals surface area contributed by atoms with E-state index in [4.69, 9.17) is 4.74 Å². The van der Waals surface area contributed by atoms with Crippen LogP contribution in [0.4, 0.5) is 0 Å². The molecule has 1 heterocycles. The molecule has 0 aromatic heterocycles. The first-order valence-corrected chi connectivity index (χ1v) is 14.5. The van der Waals surface area contributed by atoms with Crippen LogP contribution in [-0.4, -0.2) is 41.1 Å². The SMILES string of the molecule is COc1ccc(C(C)C)cc1CN[C@@H]1[C@@H](C(C)(C)C)[C@H](C(=O)O)N(C(=O)C2CCCCC2)[C@@H]1c1ccccc1. The van der Waals surface area contributed by atoms with Gasteiger partial charge in [-0.05, 0) is 41.4 Å². The number of amides is 1. The molecule has 1 amide bonds. The highest BCUT2D eigenvalue weighted by Gasteiger charge is 2.58. The van der Waals surface area contributed by atoms with Crippen molar-refractivity contribution in [2.45, 2.75) is 97.3 Å². The molecular formula is C33H46N2O4. The van der Waals surface area contributed by atoms with Gasteiger partial charge in [0.1, 0.15) is 11.8 Å². The van der Waals surface area contributed by atoms with E-state index in [0.717, 1.165) is 49.0 Å². The van der Waals surface area contributed by atoms with Gasteiger partial charge in [-0.15, -0.1) is 0 Å². The number of nitrogens with one attached hydrogen (secondary N) is 1. The standard InChI is InChI=1S/C33H46N2O4/c1-21(2)24-17-18-26(39-6)25(19-24)20-34-28-27(33(3,4)5)30(32(37)38)35(29(28)22-13-9-7-10-14-22)31(36)23-15-11-8-12-16-23/h7,9-10,13-14,17-19,21,23,27-30,34H,8,11-12,15-16,20H2,1-6H3,(H,37,38)/t27-,28-,29-,30-/m1/s1. The lowest BCUT2D eigenvalue weighted by Gasteiger charge is -2.36. The quantitative estimate of drug-likeness (QED) is 0.401. The van der Waals surface area contributed by atoms with E-state index in [-0.39, 0.29) is 35.2 Å². The lowest BCUT2D eigenvalue weighted by molar-refractivity contribution is -0.154. The number of benzene rings is 2. The average molecular weight is 535 g/mol. The van der Waals surface area contributed by atoms with Crippen molar-refractivity contribution in [3.05, 3.63) is 65.2 Å². The number of ether oxygens (including phenoxy) is 1. The third-order valence-electron chi connectivity index (χ3n) is 8.77. The Balaban J connectivity index is 1.80. The van der Waals surface area contributed by atoms with Crippen molar-refractivity contribution in [3.8, 4) is 5.75 Å². The van der Waals surface area contributed by atoms with Crippen LogP contribution in [0.25, 0.3) is 0 Å². The van der Waals surface area contributed by atoms with E-state index in [1.54, 1.807) is 12.0 Å². The van der Waals surface area contributed by atoms with E-state index >= 15 is 0 Å². The summed E-state index contributed by atoms with van der Waals surface area (Å²) >= 11 is 0. The van der Waals surface area contributed by atoms with Crippen molar-refractivity contribution in [2.75, 3.05) is 7.11 Å². The zero-order valence-electron chi connectivity index (χ0n) is 24.4. The summed E-state index contributed by atoms with van der Waals surface area (Å²) in [6.07, 6.45) is 4.85. The fourth-order valence-electron chi connectivity index (χ4n) is 6.81. The highest BCUT2D eigenvalue weighted by atomic mass is 16.5. The number of carbonyl (C=O) groups excluding carboxylic acids is 1. The van der Waals surface area contributed by atoms with Crippen LogP contribution in [0.1, 0.15) is 95.4 Å². The maximum atomic E-state index is 14.2. The molecule has 2 aliphatic rings. The molecule has 6 nitrogen and oxygen atoms in total. The maximum Gasteiger partial charge on any atom is 0.326 e. The number of methoxy groups -OCH3 is 1. The molecule has 1 saturated heterocycles. The zero-order valence-corrected chi connectivity index (χ0v) is 24.4. The lowest BCUT2D eigenvalue weighted by atomic mass is 9.72. The minimum absolute atomic E-state index is 0.00566. The summed E-state index contributed by atoms with van der Waals surface area (Å²) in [5.41, 5.74) is 2.87. The van der Waals surface area contributed by atoms with Crippen LogP contribution in [0, 0.1) is 17.3 Å². The topological polar surface area (TPSA) is 78.9 Å². The Hall–Kier alpha value is -2.86. The summed E-state index contributed by atoms with van der Waals surface area (Å²) in [4.78, 5) is 29.0. The highest BCUT2D eigenvalue weighted by molar-refractivity contribution is 5.87. The predicted molar refractivity (Wildman–Crippen MR) is 155 cm³/mol. The number of carbonyl (C=O) groups is 2. The first kappa shape index (κ1) is 29.1. The van der Waals surface area contributed by atoms with Gasteiger partial charge in [-0.3, -0.25) is 4.79 Å². The number of nitrogens with zero attached hydrogens (tertiary/aromatic N) is 1. The van der Waals surface area contributed by atoms with Crippen LogP contribution < -0.4 is 10.1 Å². The van der Waals surface area contributed by atoms with E-state index in [9.17, 15) is 14.7 Å². The van der Waals surface area contributed by atoms with E-state index in [1.165, 1.54) is 5.56 Å². The van der Waals surface area contributed by atoms with Crippen LogP contribution in [0.15, 0.2) is 48.5 Å². The summed E-state index contributed by atoms with van der Waals surface area (Å²) in [6.45, 7) is 11.1. The Bertz CT molecular complexity index is 1130. The molecule has 2 N–H and O–H groups in total. The molecule has 4 rings (SSSR count). The third kappa shape index (κ3) is 6.16. The molecule has 1 aliphatic carbocycles. The van der Waals surface area contributed by atoms with Crippen LogP contribution in [-0.2, 0) is 16.1 Å². The van der Waals surface area contributed by atoms with Crippen molar-refractivity contribution in [1.29, 1.82) is 0 Å². The van der Waals surface area contributed by atoms with Crippen molar-refractivity contribution in [3.63, 3.8) is 0 Å². The smallest absolute Gasteiger partial charge is 0.326 e. The largest absolute Gasteiger partial charge is 0.496 e. The van der Waals surface area contributed by atoms with Crippen LogP contribution in [0.3, 0.4) is 0 Å². The minimum atomic E-state index is -0.927. The van der Waals surface area contributed by atoms with E-state index < -0.39 is 12.0 Å². The summed E-state index contributed by atoms with van der Waals surface area (Å²) < 4.78 is 5.70. The third-order valence-corrected chi connectivity index (χ3v) is 8.77. The summed E-state index contributed by atoms with van der Waals surface area (Å²) in [6, 6.07) is 14.7. The summed E-state index contributed by atoms with van der Waals surface area (Å²) in [5.74, 6) is -0.169. The van der Waals surface area contributed by atoms with Gasteiger partial charge in [-0.1, -0.05) is 96.3 Å². The van der Waals surface area contributed by atoms with Gasteiger partial charge in [-0.25, -0.2) is 4.79 Å². The van der Waals surface area contributed by atoms with Gasteiger partial charge < -0.3 is 20.1 Å². The molecule has 0 spiro atoms. The zero-order chi connectivity index (χ0) is 28.3. The van der Waals surface area contributed by atoms with E-state index in [0.29, 0.717) is 12.5 Å². The fourth-order valence-corrected chi connectivity index (χ4v) is 6.81. The second-order valence-electron chi connectivity index (χ2n) is 12.7. The van der Waals surface area contributed by atoms with Crippen molar-refractivity contribution >= 4 is 11.9 Å². The molecule has 0 unspecified atom stereocenters. The number of likely N-dealkylation sites (tertiary alicyclic amines) is 1. The Labute approximate surface area is 234 Å². The van der Waals surface area contributed by atoms with Crippen molar-refractivity contribution in [2.24, 2.45) is 17.3 Å². The molecule has 212 valence electrons. The number of carboxylic acid groups (broad SMARTS) is 1. The van der Waals surface area contributed by atoms with Gasteiger partial charge in [0.15, 0.2) is 0 Å². The molecule has 1 saturated carbocycles. The predicted octanol–water partition coefficient (Wildman–Crippen LogP) is 6.56. The molecule has 2 aromatic carbocycles. The normalized spacial score (nSPS) is 24.2. The fraction of sp³-hybridized carbons (Fsp3) is 0.576. The first-order valence-electron chi connectivity index (χ1n) is 14.5. The van der Waals surface area contributed by atoms with Crippen molar-refractivity contribution < 1.29 is 19.4 Å². The maximum absolute atomic E-state index is 14.2. The Morgan fingerprint density at radius 3 is 2.28 bits per heavy atom. The van der Waals surface area contributed by atoms with Crippen LogP contribution >= 0.6 is 0 Å². The monoisotopic (exact) mass is 534 g/mol. The molecule has 4 atom stereocenters. The lowest BCUT2D eigenvalue weighted by Crippen LogP contribution is -2.49. The van der Waals surface area contributed by atoms with Gasteiger partial charge in [0.25, 0.3) is 0 Å². The molecule has 6 heteroatoms. The summed E-state index contributed by atoms with van der Waals surface area (Å²) in [5, 5.41) is 14.4. The number of hydrogen-bond acceptors (Lipinski definition) is 4. The van der Waals surface area contributed by atoms with Gasteiger partial charge in [0, 0.05) is 30.0 Å². The van der Waals surface area contributed by atoms with Crippen molar-refractivity contribution in [1.82, 2.24) is 10.2 Å². The van der Waals surface area contributed by atoms with Gasteiger partial charge in [0.2, 0.25) is 5.91 Å². The highest BCUT2D eigenvalue weighted by Crippen LogP contribution is 2.49. The summed E-state index contributed by atoms with van der Waals surface area (Å²) in [7, 11) is 1.68. The Morgan fingerprint density at radius 1 is 1.05 bits per heavy atom. The van der Waals surface area contributed by atoms with Crippen LogP contribution in [0.5, 0.6) is 5.75 Å². The molecule has 1 aliphatic heterocycles. The molecular weight excluding hydrogens is 488 g/mol. The molecule has 0 radical (unpaired) electrons. The average Bonchev–Trinajstić information content (AvgIpc) is 3.28. The number of aliphatic carboxylic acids is 1. The second kappa shape index (κ2) is 12.1. The number of rotatable bonds is 8. The molecule has 39 heavy (non-hydrogen) atoms. The van der Waals surface area contributed by atoms with Gasteiger partial charge >= 0.3 is 5.97 Å². The Morgan fingerprint density at radius 2 is 1.72 bits per heavy atom. The minimum Gasteiger partial charge on any atom is -0.496 e. The van der Waals surface area contributed by atoms with Gasteiger partial charge in [0.05, 0.1) is 13.2 Å². The number of carboxylic acids is 1. The first-order chi connectivity index (χ1) is 18.5. The molecule has 2 aromatic rings. The van der Waals surface area contributed by atoms with Crippen LogP contribution in [0.2, 0.25) is 0 Å². The van der Waals surface area contributed by atoms with E-state index in [1.807, 2.05) is 36.4 Å². The van der Waals surface area contributed by atoms with E-state index in [2.05, 4.69) is 52.1 Å². The van der Waals surface area contributed by atoms with Gasteiger partial charge in [-0.2, -0.15) is 0 Å². The molecule has 0 bridgehead atoms.